The minimum Gasteiger partial charge on any atom is -0.461 e. The number of nitrogens with zero attached hydrogens (tertiary/aromatic N) is 7. The van der Waals surface area contributed by atoms with Gasteiger partial charge in [-0.15, -0.1) is 0 Å². The van der Waals surface area contributed by atoms with Gasteiger partial charge in [0.15, 0.2) is 0 Å². The average Bonchev–Trinajstić information content (AvgIpc) is 3.64. The Kier molecular flexibility index (Phi) is 7.49. The topological polar surface area (TPSA) is 140 Å². The zero-order chi connectivity index (χ0) is 29.4. The summed E-state index contributed by atoms with van der Waals surface area (Å²) in [5, 5.41) is 18.1. The van der Waals surface area contributed by atoms with Crippen LogP contribution in [0.25, 0.3) is 10.9 Å². The predicted molar refractivity (Wildman–Crippen MR) is 161 cm³/mol. The van der Waals surface area contributed by atoms with Gasteiger partial charge < -0.3 is 25.2 Å². The van der Waals surface area contributed by atoms with Gasteiger partial charge in [-0.05, 0) is 56.4 Å². The number of nitriles is 1. The second-order valence-electron chi connectivity index (χ2n) is 12.0. The SMILES string of the molecule is C=CC(=O)N1CCN(c2nc(OCC3(N)CCCC3)nc3c2CCN(c2c(C)c(C)cc4[nH]ncc24)C3)C[C@@H]1CC#N. The third kappa shape index (κ3) is 5.15. The first-order valence-electron chi connectivity index (χ1n) is 14.8. The van der Waals surface area contributed by atoms with E-state index in [-0.39, 0.29) is 23.9 Å². The highest BCUT2D eigenvalue weighted by atomic mass is 16.5. The van der Waals surface area contributed by atoms with Crippen LogP contribution < -0.4 is 20.3 Å². The molecule has 1 aromatic carbocycles. The van der Waals surface area contributed by atoms with Crippen LogP contribution in [0.1, 0.15) is 54.5 Å². The van der Waals surface area contributed by atoms with Crippen LogP contribution in [-0.4, -0.2) is 75.3 Å². The molecule has 11 nitrogen and oxygen atoms in total. The molecule has 3 aliphatic rings. The molecule has 2 aromatic heterocycles. The number of fused-ring (bicyclic) bond motifs is 2. The number of nitrogens with one attached hydrogen (secondary N) is 1. The van der Waals surface area contributed by atoms with Crippen LogP contribution in [0.4, 0.5) is 11.5 Å². The van der Waals surface area contributed by atoms with E-state index < -0.39 is 0 Å². The number of H-pyrrole nitrogens is 1. The van der Waals surface area contributed by atoms with Crippen molar-refractivity contribution in [3.63, 3.8) is 0 Å². The van der Waals surface area contributed by atoms with Gasteiger partial charge in [-0.3, -0.25) is 9.89 Å². The summed E-state index contributed by atoms with van der Waals surface area (Å²) in [6, 6.07) is 4.48. The fourth-order valence-corrected chi connectivity index (χ4v) is 6.79. The molecule has 1 atom stereocenters. The number of nitrogens with two attached hydrogens (primary N) is 1. The Morgan fingerprint density at radius 1 is 1.26 bits per heavy atom. The number of amides is 1. The highest BCUT2D eigenvalue weighted by Gasteiger charge is 2.35. The predicted octanol–water partition coefficient (Wildman–Crippen LogP) is 3.30. The number of hydrogen-bond acceptors (Lipinski definition) is 9. The minimum atomic E-state index is -0.356. The van der Waals surface area contributed by atoms with E-state index in [1.54, 1.807) is 4.90 Å². The minimum absolute atomic E-state index is 0.150. The van der Waals surface area contributed by atoms with Crippen molar-refractivity contribution in [2.45, 2.75) is 70.5 Å². The van der Waals surface area contributed by atoms with Crippen LogP contribution in [0.2, 0.25) is 0 Å². The Hall–Kier alpha value is -4.17. The number of aromatic amines is 1. The average molecular weight is 570 g/mol. The maximum atomic E-state index is 12.5. The first kappa shape index (κ1) is 28.0. The van der Waals surface area contributed by atoms with E-state index in [2.05, 4.69) is 52.6 Å². The number of ether oxygens (including phenoxy) is 1. The zero-order valence-electron chi connectivity index (χ0n) is 24.5. The third-order valence-corrected chi connectivity index (χ3v) is 9.23. The first-order valence-corrected chi connectivity index (χ1v) is 14.8. The molecule has 0 unspecified atom stereocenters. The zero-order valence-corrected chi connectivity index (χ0v) is 24.5. The molecule has 1 aliphatic carbocycles. The van der Waals surface area contributed by atoms with E-state index in [9.17, 15) is 10.1 Å². The van der Waals surface area contributed by atoms with Gasteiger partial charge in [0.25, 0.3) is 0 Å². The molecule has 6 rings (SSSR count). The Morgan fingerprint density at radius 3 is 2.83 bits per heavy atom. The van der Waals surface area contributed by atoms with E-state index in [1.807, 2.05) is 6.20 Å². The third-order valence-electron chi connectivity index (χ3n) is 9.23. The molecule has 220 valence electrons. The first-order chi connectivity index (χ1) is 20.3. The fourth-order valence-electron chi connectivity index (χ4n) is 6.79. The lowest BCUT2D eigenvalue weighted by Crippen LogP contribution is -2.55. The van der Waals surface area contributed by atoms with Crippen molar-refractivity contribution in [1.82, 2.24) is 25.1 Å². The number of piperazine rings is 1. The van der Waals surface area contributed by atoms with Gasteiger partial charge in [0.1, 0.15) is 12.4 Å². The van der Waals surface area contributed by atoms with Gasteiger partial charge >= 0.3 is 6.01 Å². The fraction of sp³-hybridized carbons (Fsp3) is 0.516. The van der Waals surface area contributed by atoms with Gasteiger partial charge in [-0.2, -0.15) is 20.3 Å². The monoisotopic (exact) mass is 569 g/mol. The lowest BCUT2D eigenvalue weighted by molar-refractivity contribution is -0.128. The highest BCUT2D eigenvalue weighted by Crippen LogP contribution is 2.37. The van der Waals surface area contributed by atoms with E-state index in [0.29, 0.717) is 38.8 Å². The summed E-state index contributed by atoms with van der Waals surface area (Å²) in [4.78, 5) is 28.8. The van der Waals surface area contributed by atoms with E-state index in [0.717, 1.165) is 66.6 Å². The maximum absolute atomic E-state index is 12.5. The smallest absolute Gasteiger partial charge is 0.318 e. The van der Waals surface area contributed by atoms with Crippen molar-refractivity contribution < 1.29 is 9.53 Å². The van der Waals surface area contributed by atoms with Crippen molar-refractivity contribution in [1.29, 1.82) is 5.26 Å². The summed E-state index contributed by atoms with van der Waals surface area (Å²) in [5.41, 5.74) is 12.9. The van der Waals surface area contributed by atoms with Gasteiger partial charge in [-0.25, -0.2) is 0 Å². The van der Waals surface area contributed by atoms with Crippen LogP contribution in [0, 0.1) is 25.2 Å². The molecule has 1 saturated heterocycles. The van der Waals surface area contributed by atoms with Crippen LogP contribution in [0.3, 0.4) is 0 Å². The molecule has 42 heavy (non-hydrogen) atoms. The van der Waals surface area contributed by atoms with Crippen LogP contribution in [0.15, 0.2) is 24.9 Å². The quantitative estimate of drug-likeness (QED) is 0.410. The van der Waals surface area contributed by atoms with Gasteiger partial charge in [-0.1, -0.05) is 19.4 Å². The summed E-state index contributed by atoms with van der Waals surface area (Å²) in [6.07, 6.45) is 8.30. The summed E-state index contributed by atoms with van der Waals surface area (Å²) < 4.78 is 6.25. The van der Waals surface area contributed by atoms with Crippen molar-refractivity contribution in [2.75, 3.05) is 42.6 Å². The number of anilines is 2. The van der Waals surface area contributed by atoms with Gasteiger partial charge in [0.2, 0.25) is 5.91 Å². The second kappa shape index (κ2) is 11.2. The Bertz CT molecular complexity index is 1550. The van der Waals surface area contributed by atoms with Crippen molar-refractivity contribution in [3.05, 3.63) is 47.3 Å². The second-order valence-corrected chi connectivity index (χ2v) is 12.0. The number of carbonyl (C=O) groups excluding carboxylic acids is 1. The molecule has 4 heterocycles. The molecular weight excluding hydrogens is 530 g/mol. The molecule has 0 bridgehead atoms. The summed E-state index contributed by atoms with van der Waals surface area (Å²) >= 11 is 0. The number of rotatable bonds is 7. The van der Waals surface area contributed by atoms with Crippen molar-refractivity contribution >= 4 is 28.3 Å². The number of carbonyl (C=O) groups is 1. The molecule has 0 spiro atoms. The van der Waals surface area contributed by atoms with Crippen LogP contribution >= 0.6 is 0 Å². The maximum Gasteiger partial charge on any atom is 0.318 e. The summed E-state index contributed by atoms with van der Waals surface area (Å²) in [7, 11) is 0. The molecule has 0 radical (unpaired) electrons. The highest BCUT2D eigenvalue weighted by molar-refractivity contribution is 5.94. The number of hydrogen-bond donors (Lipinski definition) is 2. The standard InChI is InChI=1S/C31H39N9O2/c1-4-27(41)40-14-13-39(17-22(40)7-11-32)29-23-8-12-38(28-21(3)20(2)15-25-24(28)16-34-37-25)18-26(23)35-30(36-29)42-19-31(33)9-5-6-10-31/h4,15-16,22H,1,5-10,12-14,17-19,33H2,2-3H3,(H,34,37)/t22-/m0/s1. The largest absolute Gasteiger partial charge is 0.461 e. The van der Waals surface area contributed by atoms with Crippen molar-refractivity contribution in [2.24, 2.45) is 5.73 Å². The summed E-state index contributed by atoms with van der Waals surface area (Å²) in [6.45, 7) is 11.3. The molecular formula is C31H39N9O2. The summed E-state index contributed by atoms with van der Waals surface area (Å²) in [5.74, 6) is 0.679. The lowest BCUT2D eigenvalue weighted by atomic mass is 9.99. The Labute approximate surface area is 246 Å². The number of aryl methyl sites for hydroxylation is 1. The van der Waals surface area contributed by atoms with Crippen molar-refractivity contribution in [3.8, 4) is 12.1 Å². The normalized spacial score (nSPS) is 20.0. The van der Waals surface area contributed by atoms with E-state index in [1.165, 1.54) is 22.9 Å². The molecule has 1 amide bonds. The lowest BCUT2D eigenvalue weighted by Gasteiger charge is -2.42. The number of aromatic nitrogens is 4. The van der Waals surface area contributed by atoms with Gasteiger partial charge in [0.05, 0.1) is 53.7 Å². The Morgan fingerprint density at radius 2 is 2.07 bits per heavy atom. The Balaban J connectivity index is 1.36. The van der Waals surface area contributed by atoms with Crippen LogP contribution in [0.5, 0.6) is 6.01 Å². The van der Waals surface area contributed by atoms with Crippen LogP contribution in [-0.2, 0) is 17.8 Å². The van der Waals surface area contributed by atoms with Gasteiger partial charge in [0, 0.05) is 37.1 Å². The molecule has 2 fully saturated rings. The molecule has 11 heteroatoms. The number of benzene rings is 1. The molecule has 2 aliphatic heterocycles. The van der Waals surface area contributed by atoms with E-state index in [4.69, 9.17) is 20.4 Å². The van der Waals surface area contributed by atoms with E-state index >= 15 is 0 Å². The molecule has 3 aromatic rings. The molecule has 3 N–H and O–H groups in total. The molecule has 1 saturated carbocycles.